The molecule has 2 nitrogen and oxygen atoms in total. The van der Waals surface area contributed by atoms with Crippen LogP contribution in [0.25, 0.3) is 0 Å². The lowest BCUT2D eigenvalue weighted by atomic mass is 10.2. The summed E-state index contributed by atoms with van der Waals surface area (Å²) in [6.45, 7) is 0. The molecule has 3 heteroatoms. The minimum Gasteiger partial charge on any atom is -0.270 e. The summed E-state index contributed by atoms with van der Waals surface area (Å²) >= 11 is 5.83. The number of aryl methyl sites for hydroxylation is 1. The van der Waals surface area contributed by atoms with E-state index in [-0.39, 0.29) is 0 Å². The Bertz CT molecular complexity index is 532. The number of benzene rings is 1. The third-order valence-electron chi connectivity index (χ3n) is 2.30. The molecule has 0 aliphatic rings. The van der Waals surface area contributed by atoms with Crippen molar-refractivity contribution in [3.8, 4) is 11.8 Å². The lowest BCUT2D eigenvalue weighted by Gasteiger charge is -1.95. The number of halogens is 1. The second-order valence-electron chi connectivity index (χ2n) is 3.38. The van der Waals surface area contributed by atoms with Crippen LogP contribution < -0.4 is 0 Å². The highest BCUT2D eigenvalue weighted by Crippen LogP contribution is 2.09. The first-order valence-corrected chi connectivity index (χ1v) is 5.48. The standard InChI is InChI=1S/C13H11ClN2/c1-16-13(9-14)12(10-15-16)8-7-11-5-3-2-4-6-11/h2-6,10H,9H2,1H3. The topological polar surface area (TPSA) is 17.8 Å². The number of hydrogen-bond donors (Lipinski definition) is 0. The Morgan fingerprint density at radius 2 is 2.00 bits per heavy atom. The van der Waals surface area contributed by atoms with Gasteiger partial charge in [0.05, 0.1) is 23.3 Å². The molecule has 0 spiro atoms. The van der Waals surface area contributed by atoms with Gasteiger partial charge in [0, 0.05) is 12.6 Å². The fourth-order valence-corrected chi connectivity index (χ4v) is 1.70. The van der Waals surface area contributed by atoms with Gasteiger partial charge in [-0.05, 0) is 12.1 Å². The Balaban J connectivity index is 2.31. The minimum atomic E-state index is 0.426. The molecule has 0 amide bonds. The number of alkyl halides is 1. The number of nitrogens with zero attached hydrogens (tertiary/aromatic N) is 2. The van der Waals surface area contributed by atoms with Crippen molar-refractivity contribution in [3.05, 3.63) is 53.3 Å². The van der Waals surface area contributed by atoms with E-state index in [9.17, 15) is 0 Å². The Morgan fingerprint density at radius 3 is 2.69 bits per heavy atom. The maximum absolute atomic E-state index is 5.83. The van der Waals surface area contributed by atoms with Gasteiger partial charge >= 0.3 is 0 Å². The summed E-state index contributed by atoms with van der Waals surface area (Å²) in [6, 6.07) is 9.86. The van der Waals surface area contributed by atoms with Gasteiger partial charge in [0.2, 0.25) is 0 Å². The molecule has 0 unspecified atom stereocenters. The van der Waals surface area contributed by atoms with E-state index in [2.05, 4.69) is 16.9 Å². The molecule has 0 fully saturated rings. The maximum atomic E-state index is 5.83. The second-order valence-corrected chi connectivity index (χ2v) is 3.65. The fraction of sp³-hybridized carbons (Fsp3) is 0.154. The van der Waals surface area contributed by atoms with Crippen molar-refractivity contribution < 1.29 is 0 Å². The Morgan fingerprint density at radius 1 is 1.25 bits per heavy atom. The van der Waals surface area contributed by atoms with Crippen molar-refractivity contribution in [2.24, 2.45) is 7.05 Å². The zero-order valence-electron chi connectivity index (χ0n) is 8.94. The first-order valence-electron chi connectivity index (χ1n) is 4.95. The molecule has 16 heavy (non-hydrogen) atoms. The van der Waals surface area contributed by atoms with Crippen molar-refractivity contribution in [2.45, 2.75) is 5.88 Å². The van der Waals surface area contributed by atoms with Gasteiger partial charge in [-0.15, -0.1) is 11.6 Å². The van der Waals surface area contributed by atoms with E-state index in [1.165, 1.54) is 0 Å². The molecule has 0 saturated heterocycles. The number of aromatic nitrogens is 2. The molecule has 0 aliphatic carbocycles. The summed E-state index contributed by atoms with van der Waals surface area (Å²) in [6.07, 6.45) is 1.74. The fourth-order valence-electron chi connectivity index (χ4n) is 1.39. The molecule has 0 atom stereocenters. The number of hydrogen-bond acceptors (Lipinski definition) is 1. The van der Waals surface area contributed by atoms with Crippen LogP contribution in [0.5, 0.6) is 0 Å². The summed E-state index contributed by atoms with van der Waals surface area (Å²) in [5.74, 6) is 6.60. The van der Waals surface area contributed by atoms with Crippen LogP contribution in [-0.2, 0) is 12.9 Å². The van der Waals surface area contributed by atoms with Crippen LogP contribution in [0.4, 0.5) is 0 Å². The van der Waals surface area contributed by atoms with Crippen LogP contribution in [0.2, 0.25) is 0 Å². The van der Waals surface area contributed by atoms with Crippen LogP contribution in [0.3, 0.4) is 0 Å². The average molecular weight is 231 g/mol. The van der Waals surface area contributed by atoms with E-state index in [0.29, 0.717) is 5.88 Å². The van der Waals surface area contributed by atoms with E-state index in [4.69, 9.17) is 11.6 Å². The molecule has 0 N–H and O–H groups in total. The van der Waals surface area contributed by atoms with Crippen molar-refractivity contribution in [1.29, 1.82) is 0 Å². The van der Waals surface area contributed by atoms with E-state index in [0.717, 1.165) is 16.8 Å². The summed E-state index contributed by atoms with van der Waals surface area (Å²) in [4.78, 5) is 0. The van der Waals surface area contributed by atoms with Crippen LogP contribution in [0.15, 0.2) is 36.5 Å². The van der Waals surface area contributed by atoms with Gasteiger partial charge in [-0.25, -0.2) is 0 Å². The van der Waals surface area contributed by atoms with E-state index >= 15 is 0 Å². The SMILES string of the molecule is Cn1ncc(C#Cc2ccccc2)c1CCl. The van der Waals surface area contributed by atoms with Gasteiger partial charge in [-0.1, -0.05) is 30.0 Å². The molecule has 0 saturated carbocycles. The van der Waals surface area contributed by atoms with Gasteiger partial charge < -0.3 is 0 Å². The van der Waals surface area contributed by atoms with Gasteiger partial charge in [0.1, 0.15) is 0 Å². The van der Waals surface area contributed by atoms with Crippen LogP contribution >= 0.6 is 11.6 Å². The van der Waals surface area contributed by atoms with Crippen molar-refractivity contribution in [2.75, 3.05) is 0 Å². The highest BCUT2D eigenvalue weighted by atomic mass is 35.5. The summed E-state index contributed by atoms with van der Waals surface area (Å²) in [7, 11) is 1.87. The normalized spacial score (nSPS) is 9.62. The predicted octanol–water partition coefficient (Wildman–Crippen LogP) is 2.56. The molecule has 80 valence electrons. The van der Waals surface area contributed by atoms with Crippen molar-refractivity contribution in [3.63, 3.8) is 0 Å². The lowest BCUT2D eigenvalue weighted by molar-refractivity contribution is 0.734. The molecule has 1 aromatic carbocycles. The van der Waals surface area contributed by atoms with Gasteiger partial charge in [-0.2, -0.15) is 5.10 Å². The highest BCUT2D eigenvalue weighted by Gasteiger charge is 2.03. The Labute approximate surface area is 99.9 Å². The molecule has 0 bridgehead atoms. The van der Waals surface area contributed by atoms with Gasteiger partial charge in [0.15, 0.2) is 0 Å². The summed E-state index contributed by atoms with van der Waals surface area (Å²) in [5, 5.41) is 4.13. The molecular formula is C13H11ClN2. The first kappa shape index (κ1) is 10.8. The summed E-state index contributed by atoms with van der Waals surface area (Å²) in [5.41, 5.74) is 2.83. The quantitative estimate of drug-likeness (QED) is 0.544. The van der Waals surface area contributed by atoms with Crippen LogP contribution in [0.1, 0.15) is 16.8 Å². The molecular weight excluding hydrogens is 220 g/mol. The van der Waals surface area contributed by atoms with Crippen molar-refractivity contribution >= 4 is 11.6 Å². The second kappa shape index (κ2) is 4.87. The molecule has 1 aromatic heterocycles. The molecule has 2 aromatic rings. The average Bonchev–Trinajstić information content (AvgIpc) is 2.68. The maximum Gasteiger partial charge on any atom is 0.0685 e. The molecule has 2 rings (SSSR count). The summed E-state index contributed by atoms with van der Waals surface area (Å²) < 4.78 is 1.75. The lowest BCUT2D eigenvalue weighted by Crippen LogP contribution is -1.96. The number of rotatable bonds is 1. The van der Waals surface area contributed by atoms with Gasteiger partial charge in [0.25, 0.3) is 0 Å². The van der Waals surface area contributed by atoms with Crippen molar-refractivity contribution in [1.82, 2.24) is 9.78 Å². The van der Waals surface area contributed by atoms with E-state index < -0.39 is 0 Å². The smallest absolute Gasteiger partial charge is 0.0685 e. The highest BCUT2D eigenvalue weighted by molar-refractivity contribution is 6.17. The van der Waals surface area contributed by atoms with Crippen LogP contribution in [0, 0.1) is 11.8 Å². The third kappa shape index (κ3) is 2.26. The monoisotopic (exact) mass is 230 g/mol. The predicted molar refractivity (Wildman–Crippen MR) is 65.2 cm³/mol. The van der Waals surface area contributed by atoms with Crippen LogP contribution in [-0.4, -0.2) is 9.78 Å². The van der Waals surface area contributed by atoms with Gasteiger partial charge in [-0.3, -0.25) is 4.68 Å². The third-order valence-corrected chi connectivity index (χ3v) is 2.56. The first-order chi connectivity index (χ1) is 7.81. The van der Waals surface area contributed by atoms with E-state index in [1.807, 2.05) is 37.4 Å². The molecule has 0 radical (unpaired) electrons. The Kier molecular flexibility index (Phi) is 3.28. The van der Waals surface area contributed by atoms with E-state index in [1.54, 1.807) is 10.9 Å². The minimum absolute atomic E-state index is 0.426. The zero-order chi connectivity index (χ0) is 11.4. The largest absolute Gasteiger partial charge is 0.270 e. The Hall–Kier alpha value is -1.72. The molecule has 1 heterocycles. The molecule has 0 aliphatic heterocycles. The zero-order valence-corrected chi connectivity index (χ0v) is 9.70.